The van der Waals surface area contributed by atoms with E-state index < -0.39 is 0 Å². The van der Waals surface area contributed by atoms with Crippen molar-refractivity contribution in [1.82, 2.24) is 0 Å². The number of rotatable bonds is 0. The third-order valence-corrected chi connectivity index (χ3v) is 5.20. The third kappa shape index (κ3) is 20.0. The molecule has 0 aliphatic rings. The van der Waals surface area contributed by atoms with E-state index in [2.05, 4.69) is 104 Å². The highest BCUT2D eigenvalue weighted by atomic mass is 14.2. The monoisotopic (exact) mass is 300 g/mol. The van der Waals surface area contributed by atoms with E-state index in [-0.39, 0.29) is 0 Å². The van der Waals surface area contributed by atoms with Crippen molar-refractivity contribution in [3.05, 3.63) is 0 Å². The molecule has 0 unspecified atom stereocenters. The Kier molecular flexibility index (Phi) is 12.2. The topological polar surface area (TPSA) is 0 Å². The van der Waals surface area contributed by atoms with Crippen LogP contribution in [0.3, 0.4) is 0 Å². The van der Waals surface area contributed by atoms with Crippen LogP contribution < -0.4 is 0 Å². The SMILES string of the molecule is CC(C)C(C)(C)C.CC(C)C(C)(C)C.CC(C)C(C)(C)C. The molecule has 0 spiro atoms. The van der Waals surface area contributed by atoms with E-state index in [1.165, 1.54) is 0 Å². The molecule has 0 aromatic heterocycles. The van der Waals surface area contributed by atoms with Gasteiger partial charge in [-0.15, -0.1) is 0 Å². The van der Waals surface area contributed by atoms with E-state index in [9.17, 15) is 0 Å². The van der Waals surface area contributed by atoms with Gasteiger partial charge in [-0.3, -0.25) is 0 Å². The molecule has 0 aromatic carbocycles. The lowest BCUT2D eigenvalue weighted by Gasteiger charge is -2.22. The zero-order chi connectivity index (χ0) is 18.2. The van der Waals surface area contributed by atoms with E-state index >= 15 is 0 Å². The summed E-state index contributed by atoms with van der Waals surface area (Å²) in [4.78, 5) is 0. The van der Waals surface area contributed by atoms with Gasteiger partial charge in [0, 0.05) is 0 Å². The van der Waals surface area contributed by atoms with E-state index in [1.807, 2.05) is 0 Å². The normalized spacial score (nSPS) is 12.9. The molecular weight excluding hydrogens is 252 g/mol. The lowest BCUT2D eigenvalue weighted by atomic mass is 9.84. The van der Waals surface area contributed by atoms with Gasteiger partial charge in [0.05, 0.1) is 0 Å². The summed E-state index contributed by atoms with van der Waals surface area (Å²) >= 11 is 0. The van der Waals surface area contributed by atoms with Gasteiger partial charge in [0.15, 0.2) is 0 Å². The molecule has 0 aliphatic heterocycles. The number of hydrogen-bond donors (Lipinski definition) is 0. The molecule has 0 heteroatoms. The predicted molar refractivity (Wildman–Crippen MR) is 103 cm³/mol. The molecule has 0 saturated carbocycles. The van der Waals surface area contributed by atoms with Gasteiger partial charge in [0.2, 0.25) is 0 Å². The van der Waals surface area contributed by atoms with Gasteiger partial charge < -0.3 is 0 Å². The van der Waals surface area contributed by atoms with Crippen LogP contribution >= 0.6 is 0 Å². The molecule has 0 radical (unpaired) electrons. The summed E-state index contributed by atoms with van der Waals surface area (Å²) in [6.07, 6.45) is 0. The molecule has 0 aliphatic carbocycles. The summed E-state index contributed by atoms with van der Waals surface area (Å²) in [6.45, 7) is 33.9. The predicted octanol–water partition coefficient (Wildman–Crippen LogP) is 8.07. The Morgan fingerprint density at radius 1 is 0.333 bits per heavy atom. The van der Waals surface area contributed by atoms with Gasteiger partial charge in [-0.1, -0.05) is 104 Å². The minimum Gasteiger partial charge on any atom is -0.0623 e. The minimum atomic E-state index is 0.500. The molecule has 21 heavy (non-hydrogen) atoms. The van der Waals surface area contributed by atoms with Crippen LogP contribution in [0.5, 0.6) is 0 Å². The highest BCUT2D eigenvalue weighted by Crippen LogP contribution is 2.24. The van der Waals surface area contributed by atoms with Crippen LogP contribution in [0.1, 0.15) is 104 Å². The standard InChI is InChI=1S/3C7H16/c3*1-6(2)7(3,4)5/h3*6H,1-5H3. The van der Waals surface area contributed by atoms with Gasteiger partial charge in [-0.05, 0) is 34.0 Å². The average Bonchev–Trinajstić information content (AvgIpc) is 2.14. The first kappa shape index (κ1) is 25.9. The van der Waals surface area contributed by atoms with Crippen LogP contribution in [-0.4, -0.2) is 0 Å². The van der Waals surface area contributed by atoms with Crippen molar-refractivity contribution in [3.8, 4) is 0 Å². The van der Waals surface area contributed by atoms with Gasteiger partial charge in [-0.2, -0.15) is 0 Å². The Morgan fingerprint density at radius 2 is 0.381 bits per heavy atom. The molecule has 0 fully saturated rings. The molecular formula is C21H48. The fraction of sp³-hybridized carbons (Fsp3) is 1.00. The van der Waals surface area contributed by atoms with Crippen molar-refractivity contribution >= 4 is 0 Å². The molecule has 0 atom stereocenters. The largest absolute Gasteiger partial charge is 0.0623 e. The second kappa shape index (κ2) is 9.90. The first-order valence-corrected chi connectivity index (χ1v) is 8.83. The molecule has 0 nitrogen and oxygen atoms in total. The molecule has 0 rings (SSSR count). The molecule has 0 saturated heterocycles. The van der Waals surface area contributed by atoms with Crippen LogP contribution in [0.2, 0.25) is 0 Å². The molecule has 0 bridgehead atoms. The molecule has 0 heterocycles. The number of hydrogen-bond acceptors (Lipinski definition) is 0. The lowest BCUT2D eigenvalue weighted by molar-refractivity contribution is 0.283. The van der Waals surface area contributed by atoms with Gasteiger partial charge in [-0.25, -0.2) is 0 Å². The summed E-state index contributed by atoms with van der Waals surface area (Å²) in [5, 5.41) is 0. The van der Waals surface area contributed by atoms with E-state index in [0.717, 1.165) is 17.8 Å². The first-order valence-electron chi connectivity index (χ1n) is 8.83. The first-order chi connectivity index (χ1) is 8.83. The Hall–Kier alpha value is 0. The Labute approximate surface area is 138 Å². The van der Waals surface area contributed by atoms with Crippen molar-refractivity contribution in [1.29, 1.82) is 0 Å². The fourth-order valence-corrected chi connectivity index (χ4v) is 0. The van der Waals surface area contributed by atoms with Crippen molar-refractivity contribution in [2.45, 2.75) is 104 Å². The van der Waals surface area contributed by atoms with E-state index in [0.29, 0.717) is 16.2 Å². The lowest BCUT2D eigenvalue weighted by Crippen LogP contribution is -2.12. The van der Waals surface area contributed by atoms with Crippen LogP contribution in [0.25, 0.3) is 0 Å². The van der Waals surface area contributed by atoms with Crippen molar-refractivity contribution in [3.63, 3.8) is 0 Å². The summed E-state index contributed by atoms with van der Waals surface area (Å²) in [5.41, 5.74) is 1.50. The third-order valence-electron chi connectivity index (χ3n) is 5.20. The molecule has 0 aromatic rings. The van der Waals surface area contributed by atoms with Crippen molar-refractivity contribution in [2.24, 2.45) is 34.0 Å². The maximum atomic E-state index is 2.26. The molecule has 0 amide bonds. The highest BCUT2D eigenvalue weighted by Gasteiger charge is 2.14. The van der Waals surface area contributed by atoms with E-state index in [4.69, 9.17) is 0 Å². The van der Waals surface area contributed by atoms with E-state index in [1.54, 1.807) is 0 Å². The smallest absolute Gasteiger partial charge is 0.0360 e. The fourth-order valence-electron chi connectivity index (χ4n) is 0. The Morgan fingerprint density at radius 3 is 0.381 bits per heavy atom. The quantitative estimate of drug-likeness (QED) is 0.424. The summed E-state index contributed by atoms with van der Waals surface area (Å²) in [6, 6.07) is 0. The zero-order valence-electron chi connectivity index (χ0n) is 18.2. The maximum Gasteiger partial charge on any atom is -0.0360 e. The summed E-state index contributed by atoms with van der Waals surface area (Å²) in [5.74, 6) is 2.40. The Bertz CT molecular complexity index is 179. The second-order valence-electron chi connectivity index (χ2n) is 10.6. The van der Waals surface area contributed by atoms with Gasteiger partial charge in [0.1, 0.15) is 0 Å². The summed E-state index contributed by atoms with van der Waals surface area (Å²) in [7, 11) is 0. The molecule has 132 valence electrons. The van der Waals surface area contributed by atoms with Crippen molar-refractivity contribution < 1.29 is 0 Å². The summed E-state index contributed by atoms with van der Waals surface area (Å²) < 4.78 is 0. The zero-order valence-corrected chi connectivity index (χ0v) is 18.2. The van der Waals surface area contributed by atoms with Crippen molar-refractivity contribution in [2.75, 3.05) is 0 Å². The van der Waals surface area contributed by atoms with Crippen LogP contribution in [0, 0.1) is 34.0 Å². The maximum absolute atomic E-state index is 2.26. The van der Waals surface area contributed by atoms with Crippen LogP contribution in [0.15, 0.2) is 0 Å². The minimum absolute atomic E-state index is 0.500. The van der Waals surface area contributed by atoms with Gasteiger partial charge in [0.25, 0.3) is 0 Å². The van der Waals surface area contributed by atoms with Crippen LogP contribution in [-0.2, 0) is 0 Å². The average molecular weight is 301 g/mol. The molecule has 0 N–H and O–H groups in total. The van der Waals surface area contributed by atoms with Crippen LogP contribution in [0.4, 0.5) is 0 Å². The van der Waals surface area contributed by atoms with Gasteiger partial charge >= 0.3 is 0 Å². The Balaban J connectivity index is -0.000000231. The second-order valence-corrected chi connectivity index (χ2v) is 10.6. The highest BCUT2D eigenvalue weighted by molar-refractivity contribution is 4.65.